The smallest absolute Gasteiger partial charge is 0.108 e. The van der Waals surface area contributed by atoms with Crippen LogP contribution in [0.1, 0.15) is 55.1 Å². The molecule has 0 radical (unpaired) electrons. The summed E-state index contributed by atoms with van der Waals surface area (Å²) in [4.78, 5) is 20.7. The maximum absolute atomic E-state index is 4.81. The largest absolute Gasteiger partial charge is 0.366 e. The minimum Gasteiger partial charge on any atom is -0.366 e. The predicted octanol–water partition coefficient (Wildman–Crippen LogP) is 5.72. The number of rotatable bonds is 6. The van der Waals surface area contributed by atoms with Gasteiger partial charge in [-0.3, -0.25) is 9.97 Å². The molecule has 5 nitrogen and oxygen atoms in total. The second-order valence-corrected chi connectivity index (χ2v) is 9.67. The summed E-state index contributed by atoms with van der Waals surface area (Å²) in [7, 11) is 2.03. The molecule has 0 amide bonds. The van der Waals surface area contributed by atoms with E-state index in [9.17, 15) is 0 Å². The SMILES string of the molecule is CCN(C)/C=N/c1cc(C)c(Cc2nc(-c3cnc(C(C)(C)C)cn3)cs2)cc1C. The van der Waals surface area contributed by atoms with Crippen molar-refractivity contribution in [3.05, 3.63) is 57.3 Å². The number of nitrogens with zero attached hydrogens (tertiary/aromatic N) is 5. The summed E-state index contributed by atoms with van der Waals surface area (Å²) < 4.78 is 0. The lowest BCUT2D eigenvalue weighted by atomic mass is 9.93. The van der Waals surface area contributed by atoms with Gasteiger partial charge in [-0.15, -0.1) is 11.3 Å². The van der Waals surface area contributed by atoms with Crippen molar-refractivity contribution in [3.63, 3.8) is 0 Å². The van der Waals surface area contributed by atoms with Crippen LogP contribution in [-0.2, 0) is 11.8 Å². The van der Waals surface area contributed by atoms with Crippen LogP contribution in [-0.4, -0.2) is 39.8 Å². The lowest BCUT2D eigenvalue weighted by Gasteiger charge is -2.16. The highest BCUT2D eigenvalue weighted by Gasteiger charge is 2.16. The van der Waals surface area contributed by atoms with Crippen LogP contribution in [0.15, 0.2) is 34.9 Å². The summed E-state index contributed by atoms with van der Waals surface area (Å²) in [5, 5.41) is 3.15. The van der Waals surface area contributed by atoms with Crippen LogP contribution in [0.2, 0.25) is 0 Å². The molecule has 158 valence electrons. The quantitative estimate of drug-likeness (QED) is 0.377. The van der Waals surface area contributed by atoms with Crippen LogP contribution in [0.25, 0.3) is 11.4 Å². The summed E-state index contributed by atoms with van der Waals surface area (Å²) in [6.07, 6.45) is 6.39. The van der Waals surface area contributed by atoms with Gasteiger partial charge < -0.3 is 4.90 Å². The van der Waals surface area contributed by atoms with Gasteiger partial charge in [-0.2, -0.15) is 0 Å². The van der Waals surface area contributed by atoms with Crippen LogP contribution in [0.4, 0.5) is 5.69 Å². The van der Waals surface area contributed by atoms with Gasteiger partial charge in [0.2, 0.25) is 0 Å². The standard InChI is InChI=1S/C24H31N5S/c1-8-29(7)15-27-19-10-16(2)18(9-17(19)3)11-23-28-21(14-30-23)20-12-26-22(13-25-20)24(4,5)6/h9-10,12-15H,8,11H2,1-7H3/b27-15+. The molecule has 2 aromatic heterocycles. The first-order chi connectivity index (χ1) is 14.2. The first-order valence-electron chi connectivity index (χ1n) is 10.3. The molecule has 0 aliphatic heterocycles. The Labute approximate surface area is 184 Å². The maximum Gasteiger partial charge on any atom is 0.108 e. The van der Waals surface area contributed by atoms with Gasteiger partial charge in [0.05, 0.1) is 28.9 Å². The summed E-state index contributed by atoms with van der Waals surface area (Å²) in [5.41, 5.74) is 7.41. The van der Waals surface area contributed by atoms with E-state index in [2.05, 4.69) is 78.9 Å². The first kappa shape index (κ1) is 22.1. The van der Waals surface area contributed by atoms with Crippen molar-refractivity contribution in [2.75, 3.05) is 13.6 Å². The molecular weight excluding hydrogens is 390 g/mol. The zero-order chi connectivity index (χ0) is 21.9. The van der Waals surface area contributed by atoms with Gasteiger partial charge >= 0.3 is 0 Å². The number of thiazole rings is 1. The maximum atomic E-state index is 4.81. The Balaban J connectivity index is 1.77. The molecule has 6 heteroatoms. The molecular formula is C24H31N5S. The van der Waals surface area contributed by atoms with E-state index in [1.165, 1.54) is 16.7 Å². The van der Waals surface area contributed by atoms with Crippen LogP contribution in [0.5, 0.6) is 0 Å². The monoisotopic (exact) mass is 421 g/mol. The molecule has 3 rings (SSSR count). The average molecular weight is 422 g/mol. The normalized spacial score (nSPS) is 12.0. The topological polar surface area (TPSA) is 54.3 Å². The lowest BCUT2D eigenvalue weighted by Crippen LogP contribution is -2.14. The van der Waals surface area contributed by atoms with E-state index in [1.54, 1.807) is 11.3 Å². The Hall–Kier alpha value is -2.60. The molecule has 0 unspecified atom stereocenters. The Morgan fingerprint density at radius 3 is 2.47 bits per heavy atom. The van der Waals surface area contributed by atoms with Crippen LogP contribution in [0, 0.1) is 13.8 Å². The van der Waals surface area contributed by atoms with Crippen molar-refractivity contribution >= 4 is 23.4 Å². The van der Waals surface area contributed by atoms with Crippen molar-refractivity contribution in [2.24, 2.45) is 4.99 Å². The van der Waals surface area contributed by atoms with Gasteiger partial charge in [-0.25, -0.2) is 9.98 Å². The third-order valence-electron chi connectivity index (χ3n) is 5.12. The van der Waals surface area contributed by atoms with E-state index in [1.807, 2.05) is 25.8 Å². The van der Waals surface area contributed by atoms with Gasteiger partial charge in [0.1, 0.15) is 11.4 Å². The van der Waals surface area contributed by atoms with Gasteiger partial charge in [-0.1, -0.05) is 26.8 Å². The van der Waals surface area contributed by atoms with E-state index < -0.39 is 0 Å². The second kappa shape index (κ2) is 9.04. The second-order valence-electron chi connectivity index (χ2n) is 8.72. The van der Waals surface area contributed by atoms with Gasteiger partial charge in [0, 0.05) is 37.0 Å². The number of benzene rings is 1. The number of hydrogen-bond donors (Lipinski definition) is 0. The van der Waals surface area contributed by atoms with Crippen molar-refractivity contribution < 1.29 is 0 Å². The summed E-state index contributed by atoms with van der Waals surface area (Å²) in [6, 6.07) is 4.39. The molecule has 0 atom stereocenters. The number of aryl methyl sites for hydroxylation is 2. The summed E-state index contributed by atoms with van der Waals surface area (Å²) in [6.45, 7) is 13.7. The molecule has 0 aliphatic rings. The fraction of sp³-hybridized carbons (Fsp3) is 0.417. The molecule has 0 spiro atoms. The first-order valence-corrected chi connectivity index (χ1v) is 11.2. The van der Waals surface area contributed by atoms with E-state index >= 15 is 0 Å². The van der Waals surface area contributed by atoms with Gasteiger partial charge in [0.15, 0.2) is 0 Å². The van der Waals surface area contributed by atoms with E-state index in [4.69, 9.17) is 4.98 Å². The Bertz CT molecular complexity index is 1030. The van der Waals surface area contributed by atoms with Crippen molar-refractivity contribution in [1.82, 2.24) is 19.9 Å². The zero-order valence-corrected chi connectivity index (χ0v) is 19.8. The highest BCUT2D eigenvalue weighted by molar-refractivity contribution is 7.10. The minimum absolute atomic E-state index is 0.00366. The highest BCUT2D eigenvalue weighted by Crippen LogP contribution is 2.28. The minimum atomic E-state index is -0.00366. The molecule has 0 N–H and O–H groups in total. The van der Waals surface area contributed by atoms with E-state index in [-0.39, 0.29) is 5.41 Å². The molecule has 0 fully saturated rings. The Morgan fingerprint density at radius 2 is 1.83 bits per heavy atom. The fourth-order valence-electron chi connectivity index (χ4n) is 2.95. The lowest BCUT2D eigenvalue weighted by molar-refractivity contribution is 0.552. The molecule has 0 bridgehead atoms. The molecule has 0 saturated heterocycles. The van der Waals surface area contributed by atoms with Gasteiger partial charge in [0.25, 0.3) is 0 Å². The molecule has 30 heavy (non-hydrogen) atoms. The van der Waals surface area contributed by atoms with Crippen LogP contribution in [0.3, 0.4) is 0 Å². The van der Waals surface area contributed by atoms with E-state index in [0.29, 0.717) is 0 Å². The predicted molar refractivity (Wildman–Crippen MR) is 127 cm³/mol. The fourth-order valence-corrected chi connectivity index (χ4v) is 3.76. The molecule has 3 aromatic rings. The number of hydrogen-bond acceptors (Lipinski definition) is 5. The van der Waals surface area contributed by atoms with Crippen molar-refractivity contribution in [3.8, 4) is 11.4 Å². The molecule has 0 aliphatic carbocycles. The molecule has 1 aromatic carbocycles. The van der Waals surface area contributed by atoms with Gasteiger partial charge in [-0.05, 0) is 43.5 Å². The Kier molecular flexibility index (Phi) is 6.66. The zero-order valence-electron chi connectivity index (χ0n) is 19.0. The van der Waals surface area contributed by atoms with Crippen molar-refractivity contribution in [1.29, 1.82) is 0 Å². The molecule has 0 saturated carbocycles. The summed E-state index contributed by atoms with van der Waals surface area (Å²) >= 11 is 1.67. The van der Waals surface area contributed by atoms with Crippen LogP contribution < -0.4 is 0 Å². The molecule has 2 heterocycles. The van der Waals surface area contributed by atoms with E-state index in [0.717, 1.165) is 40.7 Å². The number of aliphatic imine (C=N–C) groups is 1. The third-order valence-corrected chi connectivity index (χ3v) is 5.97. The highest BCUT2D eigenvalue weighted by atomic mass is 32.1. The van der Waals surface area contributed by atoms with Crippen molar-refractivity contribution in [2.45, 2.75) is 53.4 Å². The Morgan fingerprint density at radius 1 is 1.07 bits per heavy atom. The third kappa shape index (κ3) is 5.30. The average Bonchev–Trinajstić information content (AvgIpc) is 3.17. The van der Waals surface area contributed by atoms with Crippen LogP contribution >= 0.6 is 11.3 Å². The number of aromatic nitrogens is 3. The summed E-state index contributed by atoms with van der Waals surface area (Å²) in [5.74, 6) is 0.